The highest BCUT2D eigenvalue weighted by Crippen LogP contribution is 2.25. The molecule has 2 rings (SSSR count). The summed E-state index contributed by atoms with van der Waals surface area (Å²) in [7, 11) is 0. The topological polar surface area (TPSA) is 78.4 Å². The fourth-order valence-electron chi connectivity index (χ4n) is 3.30. The average molecular weight is 367 g/mol. The van der Waals surface area contributed by atoms with Crippen LogP contribution in [-0.2, 0) is 11.2 Å². The van der Waals surface area contributed by atoms with E-state index in [1.54, 1.807) is 0 Å². The molecule has 1 aliphatic carbocycles. The second-order valence-corrected chi connectivity index (χ2v) is 8.12. The monoisotopic (exact) mass is 366 g/mol. The molecule has 0 heterocycles. The van der Waals surface area contributed by atoms with Gasteiger partial charge in [-0.05, 0) is 55.2 Å². The third-order valence-electron chi connectivity index (χ3n) is 4.71. The maximum Gasteiger partial charge on any atom is 0.315 e. The lowest BCUT2D eigenvalue weighted by Gasteiger charge is -2.29. The lowest BCUT2D eigenvalue weighted by Crippen LogP contribution is -2.46. The summed E-state index contributed by atoms with van der Waals surface area (Å²) in [5, 5.41) is 15.6. The first-order chi connectivity index (χ1) is 11.7. The van der Waals surface area contributed by atoms with E-state index < -0.39 is 5.97 Å². The Balaban J connectivity index is 1.74. The molecule has 0 saturated heterocycles. The number of rotatable bonds is 6. The number of carbonyl (C=O) groups is 2. The summed E-state index contributed by atoms with van der Waals surface area (Å²) in [6.07, 6.45) is 3.51. The molecule has 0 bridgehead atoms. The van der Waals surface area contributed by atoms with E-state index in [2.05, 4.69) is 24.5 Å². The van der Waals surface area contributed by atoms with Crippen LogP contribution in [0.4, 0.5) is 4.79 Å². The Kier molecular flexibility index (Phi) is 6.71. The van der Waals surface area contributed by atoms with Gasteiger partial charge in [-0.3, -0.25) is 4.79 Å². The van der Waals surface area contributed by atoms with Crippen LogP contribution >= 0.6 is 11.6 Å². The normalized spacial score (nSPS) is 20.8. The van der Waals surface area contributed by atoms with Crippen LogP contribution in [0.2, 0.25) is 5.02 Å². The molecule has 1 aromatic rings. The van der Waals surface area contributed by atoms with E-state index in [0.29, 0.717) is 19.4 Å². The first kappa shape index (κ1) is 19.6. The molecule has 25 heavy (non-hydrogen) atoms. The first-order valence-corrected chi connectivity index (χ1v) is 9.14. The number of nitrogens with one attached hydrogen (secondary N) is 2. The number of amides is 2. The lowest BCUT2D eigenvalue weighted by atomic mass is 9.85. The summed E-state index contributed by atoms with van der Waals surface area (Å²) in [5.41, 5.74) is 1.05. The van der Waals surface area contributed by atoms with Gasteiger partial charge in [-0.2, -0.15) is 0 Å². The van der Waals surface area contributed by atoms with Gasteiger partial charge in [0.25, 0.3) is 0 Å². The van der Waals surface area contributed by atoms with E-state index in [1.807, 2.05) is 24.3 Å². The fraction of sp³-hybridized carbons (Fsp3) is 0.579. The molecule has 1 aliphatic rings. The molecule has 0 aliphatic heterocycles. The van der Waals surface area contributed by atoms with E-state index in [-0.39, 0.29) is 23.4 Å². The van der Waals surface area contributed by atoms with Crippen molar-refractivity contribution < 1.29 is 14.7 Å². The van der Waals surface area contributed by atoms with Crippen LogP contribution in [0.1, 0.15) is 45.1 Å². The van der Waals surface area contributed by atoms with Crippen LogP contribution < -0.4 is 10.6 Å². The van der Waals surface area contributed by atoms with Crippen molar-refractivity contribution >= 4 is 23.6 Å². The number of benzene rings is 1. The lowest BCUT2D eigenvalue weighted by molar-refractivity contribution is -0.142. The van der Waals surface area contributed by atoms with E-state index in [0.717, 1.165) is 29.8 Å². The van der Waals surface area contributed by atoms with Crippen molar-refractivity contribution in [2.45, 2.75) is 52.0 Å². The Labute approximate surface area is 154 Å². The molecular weight excluding hydrogens is 340 g/mol. The van der Waals surface area contributed by atoms with Gasteiger partial charge in [0.1, 0.15) is 0 Å². The molecule has 5 nitrogen and oxygen atoms in total. The van der Waals surface area contributed by atoms with Crippen LogP contribution in [-0.4, -0.2) is 29.7 Å². The van der Waals surface area contributed by atoms with E-state index in [9.17, 15) is 9.59 Å². The molecule has 1 saturated carbocycles. The molecule has 138 valence electrons. The number of carboxylic acids is 1. The van der Waals surface area contributed by atoms with Crippen molar-refractivity contribution in [3.63, 3.8) is 0 Å². The van der Waals surface area contributed by atoms with Crippen molar-refractivity contribution in [1.29, 1.82) is 0 Å². The zero-order valence-corrected chi connectivity index (χ0v) is 15.6. The second-order valence-electron chi connectivity index (χ2n) is 7.68. The van der Waals surface area contributed by atoms with Crippen molar-refractivity contribution in [2.75, 3.05) is 6.54 Å². The minimum absolute atomic E-state index is 0.0617. The Bertz CT molecular complexity index is 610. The van der Waals surface area contributed by atoms with Crippen molar-refractivity contribution in [3.8, 4) is 0 Å². The zero-order chi connectivity index (χ0) is 18.4. The Morgan fingerprint density at radius 2 is 1.92 bits per heavy atom. The summed E-state index contributed by atoms with van der Waals surface area (Å²) >= 11 is 6.02. The number of hydrogen-bond acceptors (Lipinski definition) is 2. The third-order valence-corrected chi connectivity index (χ3v) is 4.95. The maximum absolute atomic E-state index is 12.1. The van der Waals surface area contributed by atoms with Crippen LogP contribution in [0.3, 0.4) is 0 Å². The Morgan fingerprint density at radius 3 is 2.52 bits per heavy atom. The van der Waals surface area contributed by atoms with E-state index >= 15 is 0 Å². The minimum Gasteiger partial charge on any atom is -0.481 e. The summed E-state index contributed by atoms with van der Waals surface area (Å²) in [4.78, 5) is 23.1. The molecule has 0 unspecified atom stereocenters. The molecule has 6 heteroatoms. The van der Waals surface area contributed by atoms with Crippen LogP contribution in [0, 0.1) is 11.3 Å². The first-order valence-electron chi connectivity index (χ1n) is 8.77. The number of hydrogen-bond donors (Lipinski definition) is 3. The van der Waals surface area contributed by atoms with Gasteiger partial charge in [0, 0.05) is 17.6 Å². The summed E-state index contributed by atoms with van der Waals surface area (Å²) in [5.74, 6) is -0.997. The number of carboxylic acid groups (broad SMARTS) is 1. The second kappa shape index (κ2) is 8.56. The minimum atomic E-state index is -0.731. The molecule has 3 N–H and O–H groups in total. The van der Waals surface area contributed by atoms with Gasteiger partial charge < -0.3 is 15.7 Å². The molecule has 0 radical (unpaired) electrons. The van der Waals surface area contributed by atoms with Crippen molar-refractivity contribution in [3.05, 3.63) is 34.9 Å². The zero-order valence-electron chi connectivity index (χ0n) is 14.8. The molecule has 0 atom stereocenters. The molecular formula is C19H27ClN2O3. The van der Waals surface area contributed by atoms with Crippen molar-refractivity contribution in [1.82, 2.24) is 10.6 Å². The standard InChI is InChI=1S/C19H27ClN2O3/c1-19(2,11-13-4-3-5-15(20)10-13)12-21-18(25)22-16-8-6-14(7-9-16)17(23)24/h3-5,10,14,16H,6-9,11-12H2,1-2H3,(H,23,24)(H2,21,22,25). The Hall–Kier alpha value is -1.75. The van der Waals surface area contributed by atoms with E-state index in [1.165, 1.54) is 0 Å². The fourth-order valence-corrected chi connectivity index (χ4v) is 3.52. The predicted molar refractivity (Wildman–Crippen MR) is 98.9 cm³/mol. The molecule has 0 aromatic heterocycles. The molecule has 0 spiro atoms. The van der Waals surface area contributed by atoms with Gasteiger partial charge >= 0.3 is 12.0 Å². The summed E-state index contributed by atoms with van der Waals surface area (Å²) < 4.78 is 0. The van der Waals surface area contributed by atoms with Crippen LogP contribution in [0.25, 0.3) is 0 Å². The van der Waals surface area contributed by atoms with E-state index in [4.69, 9.17) is 16.7 Å². The Morgan fingerprint density at radius 1 is 1.24 bits per heavy atom. The SMILES string of the molecule is CC(C)(CNC(=O)NC1CCC(C(=O)O)CC1)Cc1cccc(Cl)c1. The highest BCUT2D eigenvalue weighted by Gasteiger charge is 2.27. The van der Waals surface area contributed by atoms with Gasteiger partial charge in [0.15, 0.2) is 0 Å². The van der Waals surface area contributed by atoms with Gasteiger partial charge in [-0.1, -0.05) is 37.6 Å². The summed E-state index contributed by atoms with van der Waals surface area (Å²) in [6, 6.07) is 7.65. The molecule has 1 aromatic carbocycles. The number of carbonyl (C=O) groups excluding carboxylic acids is 1. The van der Waals surface area contributed by atoms with Gasteiger partial charge in [0.05, 0.1) is 5.92 Å². The quantitative estimate of drug-likeness (QED) is 0.715. The highest BCUT2D eigenvalue weighted by molar-refractivity contribution is 6.30. The number of urea groups is 1. The number of halogens is 1. The smallest absolute Gasteiger partial charge is 0.315 e. The number of aliphatic carboxylic acids is 1. The van der Waals surface area contributed by atoms with Crippen molar-refractivity contribution in [2.24, 2.45) is 11.3 Å². The molecule has 2 amide bonds. The highest BCUT2D eigenvalue weighted by atomic mass is 35.5. The van der Waals surface area contributed by atoms with Crippen LogP contribution in [0.5, 0.6) is 0 Å². The van der Waals surface area contributed by atoms with Crippen LogP contribution in [0.15, 0.2) is 24.3 Å². The largest absolute Gasteiger partial charge is 0.481 e. The average Bonchev–Trinajstić information content (AvgIpc) is 2.53. The predicted octanol–water partition coefficient (Wildman–Crippen LogP) is 3.85. The molecule has 1 fully saturated rings. The van der Waals surface area contributed by atoms with Gasteiger partial charge in [-0.15, -0.1) is 0 Å². The maximum atomic E-state index is 12.1. The third kappa shape index (κ3) is 6.58. The summed E-state index contributed by atoms with van der Waals surface area (Å²) in [6.45, 7) is 4.76. The van der Waals surface area contributed by atoms with Gasteiger partial charge in [0.2, 0.25) is 0 Å². The van der Waals surface area contributed by atoms with Gasteiger partial charge in [-0.25, -0.2) is 4.79 Å².